The van der Waals surface area contributed by atoms with Crippen molar-refractivity contribution in [3.63, 3.8) is 0 Å². The molecule has 32 valence electrons. The Balaban J connectivity index is -0.00000000167. The molecule has 0 aromatic rings. The van der Waals surface area contributed by atoms with E-state index in [1.54, 1.807) is 6.92 Å². The molecule has 0 heterocycles. The summed E-state index contributed by atoms with van der Waals surface area (Å²) in [5.41, 5.74) is 0. The third-order valence-corrected chi connectivity index (χ3v) is 0. The van der Waals surface area contributed by atoms with E-state index in [2.05, 4.69) is 6.92 Å². The van der Waals surface area contributed by atoms with Crippen molar-refractivity contribution >= 4 is 0 Å². The topological polar surface area (TPSA) is 0 Å². The largest absolute Gasteiger partial charge is 1.00 e. The van der Waals surface area contributed by atoms with Crippen molar-refractivity contribution < 1.29 is 41.2 Å². The average Bonchev–Trinajstić information content (AvgIpc) is 1.00. The van der Waals surface area contributed by atoms with Gasteiger partial charge in [-0.2, -0.15) is 6.92 Å². The van der Waals surface area contributed by atoms with Crippen LogP contribution in [0.25, 0.3) is 0 Å². The first-order valence-electron chi connectivity index (χ1n) is 0.707. The molecule has 0 radical (unpaired) electrons. The van der Waals surface area contributed by atoms with E-state index in [-0.39, 0.29) is 48.7 Å². The van der Waals surface area contributed by atoms with Crippen LogP contribution in [0.1, 0.15) is 6.92 Å². The number of hydrogen-bond donors (Lipinski definition) is 0. The third-order valence-electron chi connectivity index (χ3n) is 0. The number of hydrogen-bond acceptors (Lipinski definition) is 0. The Morgan fingerprint density at radius 2 is 1.20 bits per heavy atom. The summed E-state index contributed by atoms with van der Waals surface area (Å²) in [6, 6.07) is 0. The first kappa shape index (κ1) is 33.0. The minimum Gasteiger partial charge on any atom is -0.358 e. The molecule has 5 heavy (non-hydrogen) atoms. The second-order valence-corrected chi connectivity index (χ2v) is 0. The molecule has 0 aromatic carbocycles. The molecule has 0 saturated carbocycles. The van der Waals surface area contributed by atoms with Crippen molar-refractivity contribution in [3.8, 4) is 0 Å². The summed E-state index contributed by atoms with van der Waals surface area (Å²) in [6.45, 7) is 5.00. The first-order valence-corrected chi connectivity index (χ1v) is 0.707. The van der Waals surface area contributed by atoms with Crippen molar-refractivity contribution in [3.05, 3.63) is 14.4 Å². The van der Waals surface area contributed by atoms with Gasteiger partial charge in [0.25, 0.3) is 0 Å². The Morgan fingerprint density at radius 1 is 1.20 bits per heavy atom. The van der Waals surface area contributed by atoms with Crippen molar-refractivity contribution in [2.45, 2.75) is 6.92 Å². The maximum Gasteiger partial charge on any atom is 1.00 e. The molecule has 0 aromatic heterocycles. The second-order valence-electron chi connectivity index (χ2n) is 0. The molecule has 0 nitrogen and oxygen atoms in total. The molecule has 0 spiro atoms. The summed E-state index contributed by atoms with van der Waals surface area (Å²) < 4.78 is 0. The van der Waals surface area contributed by atoms with Crippen LogP contribution in [0.4, 0.5) is 0 Å². The zero-order valence-corrected chi connectivity index (χ0v) is 6.18. The van der Waals surface area contributed by atoms with Crippen LogP contribution >= 0.6 is 0 Å². The van der Waals surface area contributed by atoms with Crippen LogP contribution in [-0.2, 0) is 22.4 Å². The van der Waals surface area contributed by atoms with E-state index in [1.807, 2.05) is 0 Å². The van der Waals surface area contributed by atoms with Gasteiger partial charge in [-0.1, -0.05) is 0 Å². The van der Waals surface area contributed by atoms with E-state index < -0.39 is 0 Å². The predicted octanol–water partition coefficient (Wildman–Crippen LogP) is -1.71. The molecule has 0 bridgehead atoms. The summed E-state index contributed by atoms with van der Waals surface area (Å²) in [4.78, 5) is 0. The fourth-order valence-corrected chi connectivity index (χ4v) is 0. The summed E-state index contributed by atoms with van der Waals surface area (Å²) in [5, 5.41) is 0. The Morgan fingerprint density at radius 3 is 1.20 bits per heavy atom. The maximum atomic E-state index is 3.25. The standard InChI is InChI=1S/C2H5.CH3.Au.Li/c1-2;;;/h1H2,2H3;1H3;;/q2*-1;2*+1. The summed E-state index contributed by atoms with van der Waals surface area (Å²) in [5.74, 6) is 0. The van der Waals surface area contributed by atoms with Crippen LogP contribution < -0.4 is 18.9 Å². The molecule has 0 unspecified atom stereocenters. The second kappa shape index (κ2) is 56.1. The Hall–Kier alpha value is 1.34. The fraction of sp³-hybridized carbons (Fsp3) is 0.333. The van der Waals surface area contributed by atoms with E-state index in [0.29, 0.717) is 0 Å². The van der Waals surface area contributed by atoms with Crippen molar-refractivity contribution in [1.82, 2.24) is 0 Å². The minimum atomic E-state index is 0. The Kier molecular flexibility index (Phi) is 371. The third kappa shape index (κ3) is 33.2. The number of rotatable bonds is 0. The first-order chi connectivity index (χ1) is 1.00. The molecule has 0 amide bonds. The van der Waals surface area contributed by atoms with Gasteiger partial charge in [-0.15, -0.1) is 0 Å². The smallest absolute Gasteiger partial charge is 0.358 e. The molecule has 0 rings (SSSR count). The average molecular weight is 248 g/mol. The monoisotopic (exact) mass is 248 g/mol. The van der Waals surface area contributed by atoms with Gasteiger partial charge in [0.15, 0.2) is 0 Å². The van der Waals surface area contributed by atoms with Gasteiger partial charge >= 0.3 is 41.2 Å². The van der Waals surface area contributed by atoms with Gasteiger partial charge in [-0.25, -0.2) is 0 Å². The van der Waals surface area contributed by atoms with Gasteiger partial charge in [0.1, 0.15) is 0 Å². The van der Waals surface area contributed by atoms with E-state index in [1.165, 1.54) is 0 Å². The Bertz CT molecular complexity index is 6.85. The SMILES string of the molecule is [Au+].[CH2-]C.[CH3-].[Li+]. The Labute approximate surface area is 62.4 Å². The zero-order valence-electron chi connectivity index (χ0n) is 4.01. The van der Waals surface area contributed by atoms with Gasteiger partial charge in [-0.3, -0.25) is 0 Å². The van der Waals surface area contributed by atoms with E-state index >= 15 is 0 Å². The molecule has 0 atom stereocenters. The summed E-state index contributed by atoms with van der Waals surface area (Å²) in [7, 11) is 0. The van der Waals surface area contributed by atoms with Gasteiger partial charge in [0, 0.05) is 0 Å². The van der Waals surface area contributed by atoms with E-state index in [0.717, 1.165) is 0 Å². The molecule has 0 N–H and O–H groups in total. The normalized spacial score (nSPS) is 1.20. The van der Waals surface area contributed by atoms with Crippen LogP contribution in [0, 0.1) is 14.4 Å². The van der Waals surface area contributed by atoms with Gasteiger partial charge < -0.3 is 14.4 Å². The molecule has 0 aliphatic heterocycles. The summed E-state index contributed by atoms with van der Waals surface area (Å²) >= 11 is 0. The molecular weight excluding hydrogens is 240 g/mol. The predicted molar refractivity (Wildman–Crippen MR) is 17.4 cm³/mol. The maximum absolute atomic E-state index is 3.25. The van der Waals surface area contributed by atoms with Crippen LogP contribution in [0.5, 0.6) is 0 Å². The van der Waals surface area contributed by atoms with Crippen LogP contribution in [0.3, 0.4) is 0 Å². The van der Waals surface area contributed by atoms with Crippen LogP contribution in [0.2, 0.25) is 0 Å². The summed E-state index contributed by atoms with van der Waals surface area (Å²) in [6.07, 6.45) is 0. The molecular formula is C3H8AuLi. The molecule has 2 heteroatoms. The van der Waals surface area contributed by atoms with Crippen molar-refractivity contribution in [2.24, 2.45) is 0 Å². The van der Waals surface area contributed by atoms with E-state index in [9.17, 15) is 0 Å². The zero-order chi connectivity index (χ0) is 2.00. The van der Waals surface area contributed by atoms with Crippen molar-refractivity contribution in [2.75, 3.05) is 0 Å². The van der Waals surface area contributed by atoms with Crippen molar-refractivity contribution in [1.29, 1.82) is 0 Å². The quantitative estimate of drug-likeness (QED) is 0.354. The van der Waals surface area contributed by atoms with E-state index in [4.69, 9.17) is 0 Å². The van der Waals surface area contributed by atoms with Crippen LogP contribution in [-0.4, -0.2) is 0 Å². The fourth-order valence-electron chi connectivity index (χ4n) is 0. The van der Waals surface area contributed by atoms with Crippen LogP contribution in [0.15, 0.2) is 0 Å². The van der Waals surface area contributed by atoms with Gasteiger partial charge in [0.2, 0.25) is 0 Å². The van der Waals surface area contributed by atoms with Gasteiger partial charge in [-0.05, 0) is 0 Å². The molecule has 0 fully saturated rings. The molecule has 0 aliphatic carbocycles. The molecule has 0 saturated heterocycles. The minimum absolute atomic E-state index is 0. The molecule has 0 aliphatic rings. The van der Waals surface area contributed by atoms with Gasteiger partial charge in [0.05, 0.1) is 0 Å².